The molecule has 1 fully saturated rings. The van der Waals surface area contributed by atoms with Gasteiger partial charge in [-0.25, -0.2) is 0 Å². The van der Waals surface area contributed by atoms with Crippen LogP contribution in [0, 0.1) is 0 Å². The van der Waals surface area contributed by atoms with E-state index in [-0.39, 0.29) is 30.7 Å². The third-order valence-electron chi connectivity index (χ3n) is 2.95. The number of amides is 2. The molecule has 0 N–H and O–H groups in total. The molecule has 0 aromatic heterocycles. The highest BCUT2D eigenvalue weighted by Crippen LogP contribution is 2.07. The predicted molar refractivity (Wildman–Crippen MR) is 63.4 cm³/mol. The van der Waals surface area contributed by atoms with Crippen LogP contribution in [0.4, 0.5) is 0 Å². The highest BCUT2D eigenvalue weighted by atomic mass is 16.2. The van der Waals surface area contributed by atoms with Gasteiger partial charge in [-0.2, -0.15) is 0 Å². The monoisotopic (exact) mass is 240 g/mol. The van der Waals surface area contributed by atoms with Gasteiger partial charge in [0.05, 0.1) is 13.1 Å². The molecule has 0 bridgehead atoms. The van der Waals surface area contributed by atoms with E-state index in [1.165, 1.54) is 0 Å². The number of hydrogen-bond acceptors (Lipinski definition) is 3. The lowest BCUT2D eigenvalue weighted by Crippen LogP contribution is -2.53. The maximum Gasteiger partial charge on any atom is 0.242 e. The van der Waals surface area contributed by atoms with Crippen LogP contribution < -0.4 is 0 Å². The van der Waals surface area contributed by atoms with Crippen LogP contribution in [0.2, 0.25) is 0 Å². The van der Waals surface area contributed by atoms with Crippen LogP contribution in [0.1, 0.15) is 33.1 Å². The van der Waals surface area contributed by atoms with E-state index in [0.29, 0.717) is 19.5 Å². The highest BCUT2D eigenvalue weighted by Gasteiger charge is 2.28. The van der Waals surface area contributed by atoms with E-state index in [1.807, 2.05) is 6.92 Å². The first-order chi connectivity index (χ1) is 8.04. The second-order valence-corrected chi connectivity index (χ2v) is 4.38. The molecule has 0 spiro atoms. The zero-order chi connectivity index (χ0) is 12.8. The quantitative estimate of drug-likeness (QED) is 0.633. The Hall–Kier alpha value is -1.39. The normalized spacial score (nSPS) is 16.6. The first-order valence-electron chi connectivity index (χ1n) is 6.09. The molecule has 1 aliphatic heterocycles. The van der Waals surface area contributed by atoms with Gasteiger partial charge in [0.25, 0.3) is 0 Å². The Morgan fingerprint density at radius 1 is 1.12 bits per heavy atom. The Labute approximate surface area is 102 Å². The number of rotatable bonds is 6. The van der Waals surface area contributed by atoms with Gasteiger partial charge < -0.3 is 14.6 Å². The van der Waals surface area contributed by atoms with Crippen molar-refractivity contribution in [1.29, 1.82) is 0 Å². The van der Waals surface area contributed by atoms with Crippen LogP contribution >= 0.6 is 0 Å². The van der Waals surface area contributed by atoms with E-state index in [2.05, 4.69) is 0 Å². The lowest BCUT2D eigenvalue weighted by molar-refractivity contribution is -0.149. The maximum absolute atomic E-state index is 11.7. The van der Waals surface area contributed by atoms with Gasteiger partial charge in [-0.15, -0.1) is 0 Å². The average molecular weight is 240 g/mol. The minimum absolute atomic E-state index is 0.00859. The van der Waals surface area contributed by atoms with Crippen LogP contribution in [0.5, 0.6) is 0 Å². The number of piperazine rings is 1. The van der Waals surface area contributed by atoms with Gasteiger partial charge in [0.15, 0.2) is 0 Å². The van der Waals surface area contributed by atoms with Crippen LogP contribution in [0.15, 0.2) is 0 Å². The number of ketones is 1. The van der Waals surface area contributed by atoms with Crippen molar-refractivity contribution < 1.29 is 14.4 Å². The molecule has 0 atom stereocenters. The fourth-order valence-corrected chi connectivity index (χ4v) is 1.87. The van der Waals surface area contributed by atoms with Gasteiger partial charge in [-0.05, 0) is 26.7 Å². The fourth-order valence-electron chi connectivity index (χ4n) is 1.87. The Morgan fingerprint density at radius 2 is 1.71 bits per heavy atom. The van der Waals surface area contributed by atoms with Crippen molar-refractivity contribution in [2.45, 2.75) is 33.1 Å². The van der Waals surface area contributed by atoms with E-state index in [4.69, 9.17) is 0 Å². The molecule has 0 aliphatic carbocycles. The first-order valence-corrected chi connectivity index (χ1v) is 6.09. The summed E-state index contributed by atoms with van der Waals surface area (Å²) >= 11 is 0. The van der Waals surface area contributed by atoms with Gasteiger partial charge in [-0.1, -0.05) is 0 Å². The standard InChI is InChI=1S/C12H20N2O3/c1-3-13-8-12(17)14(9-11(13)16)7-5-4-6-10(2)15/h3-9H2,1-2H3. The van der Waals surface area contributed by atoms with E-state index in [9.17, 15) is 14.4 Å². The van der Waals surface area contributed by atoms with E-state index in [1.54, 1.807) is 16.7 Å². The first kappa shape index (κ1) is 13.7. The zero-order valence-electron chi connectivity index (χ0n) is 10.6. The number of Topliss-reactive ketones (excluding diaryl/α,β-unsaturated/α-hetero) is 1. The molecule has 0 unspecified atom stereocenters. The van der Waals surface area contributed by atoms with Crippen LogP contribution in [-0.2, 0) is 14.4 Å². The molecule has 0 aromatic rings. The molecule has 1 rings (SSSR count). The highest BCUT2D eigenvalue weighted by molar-refractivity contribution is 5.92. The lowest BCUT2D eigenvalue weighted by atomic mass is 10.2. The topological polar surface area (TPSA) is 57.7 Å². The van der Waals surface area contributed by atoms with Gasteiger partial charge in [0.1, 0.15) is 5.78 Å². The largest absolute Gasteiger partial charge is 0.332 e. The molecule has 0 aromatic carbocycles. The summed E-state index contributed by atoms with van der Waals surface area (Å²) in [6.07, 6.45) is 2.12. The number of hydrogen-bond donors (Lipinski definition) is 0. The average Bonchev–Trinajstić information content (AvgIpc) is 2.28. The summed E-state index contributed by atoms with van der Waals surface area (Å²) in [5.74, 6) is 0.191. The second-order valence-electron chi connectivity index (χ2n) is 4.38. The van der Waals surface area contributed by atoms with Gasteiger partial charge in [0.2, 0.25) is 11.8 Å². The Bertz CT molecular complexity index is 315. The van der Waals surface area contributed by atoms with Crippen LogP contribution in [0.3, 0.4) is 0 Å². The lowest BCUT2D eigenvalue weighted by Gasteiger charge is -2.33. The van der Waals surface area contributed by atoms with Gasteiger partial charge >= 0.3 is 0 Å². The molecule has 5 nitrogen and oxygen atoms in total. The van der Waals surface area contributed by atoms with Gasteiger partial charge in [-0.3, -0.25) is 9.59 Å². The maximum atomic E-state index is 11.7. The summed E-state index contributed by atoms with van der Waals surface area (Å²) in [5, 5.41) is 0. The van der Waals surface area contributed by atoms with Crippen molar-refractivity contribution in [3.05, 3.63) is 0 Å². The molecule has 1 aliphatic rings. The third-order valence-corrected chi connectivity index (χ3v) is 2.95. The molecule has 96 valence electrons. The molecule has 2 amide bonds. The summed E-state index contributed by atoms with van der Waals surface area (Å²) in [6.45, 7) is 4.98. The number of likely N-dealkylation sites (N-methyl/N-ethyl adjacent to an activating group) is 1. The summed E-state index contributed by atoms with van der Waals surface area (Å²) in [7, 11) is 0. The minimum atomic E-state index is 0.00859. The van der Waals surface area contributed by atoms with Crippen molar-refractivity contribution in [1.82, 2.24) is 9.80 Å². The molecule has 1 saturated heterocycles. The van der Waals surface area contributed by atoms with E-state index < -0.39 is 0 Å². The number of carbonyl (C=O) groups excluding carboxylic acids is 3. The summed E-state index contributed by atoms with van der Waals surface area (Å²) < 4.78 is 0. The molecule has 1 heterocycles. The van der Waals surface area contributed by atoms with Crippen molar-refractivity contribution >= 4 is 17.6 Å². The molecule has 0 saturated carbocycles. The van der Waals surface area contributed by atoms with Crippen molar-refractivity contribution in [3.63, 3.8) is 0 Å². The molecule has 17 heavy (non-hydrogen) atoms. The number of unbranched alkanes of at least 4 members (excludes halogenated alkanes) is 1. The number of carbonyl (C=O) groups is 3. The molecular formula is C12H20N2O3. The predicted octanol–water partition coefficient (Wildman–Crippen LogP) is 0.436. The third kappa shape index (κ3) is 4.17. The summed E-state index contributed by atoms with van der Waals surface area (Å²) in [5.41, 5.74) is 0. The SMILES string of the molecule is CCN1CC(=O)N(CCCCC(C)=O)CC1=O. The van der Waals surface area contributed by atoms with Crippen molar-refractivity contribution in [2.75, 3.05) is 26.2 Å². The zero-order valence-corrected chi connectivity index (χ0v) is 10.6. The van der Waals surface area contributed by atoms with Crippen LogP contribution in [-0.4, -0.2) is 53.6 Å². The minimum Gasteiger partial charge on any atom is -0.332 e. The molecular weight excluding hydrogens is 220 g/mol. The Kier molecular flexibility index (Phi) is 5.12. The van der Waals surface area contributed by atoms with Gasteiger partial charge in [0, 0.05) is 19.5 Å². The second kappa shape index (κ2) is 6.37. The Morgan fingerprint density at radius 3 is 2.29 bits per heavy atom. The molecule has 0 radical (unpaired) electrons. The van der Waals surface area contributed by atoms with E-state index in [0.717, 1.165) is 12.8 Å². The van der Waals surface area contributed by atoms with Crippen LogP contribution in [0.25, 0.3) is 0 Å². The number of nitrogens with zero attached hydrogens (tertiary/aromatic N) is 2. The smallest absolute Gasteiger partial charge is 0.242 e. The van der Waals surface area contributed by atoms with E-state index >= 15 is 0 Å². The van der Waals surface area contributed by atoms with Crippen molar-refractivity contribution in [3.8, 4) is 0 Å². The fraction of sp³-hybridized carbons (Fsp3) is 0.750. The summed E-state index contributed by atoms with van der Waals surface area (Å²) in [4.78, 5) is 37.2. The Balaban J connectivity index is 2.32. The summed E-state index contributed by atoms with van der Waals surface area (Å²) in [6, 6.07) is 0. The van der Waals surface area contributed by atoms with Crippen molar-refractivity contribution in [2.24, 2.45) is 0 Å². The molecule has 5 heteroatoms.